The Kier molecular flexibility index (Phi) is 3.92. The first-order valence-corrected chi connectivity index (χ1v) is 8.03. The van der Waals surface area contributed by atoms with Crippen molar-refractivity contribution < 1.29 is 0 Å². The van der Waals surface area contributed by atoms with Crippen LogP contribution in [0.15, 0.2) is 12.3 Å². The second-order valence-electron chi connectivity index (χ2n) is 6.64. The van der Waals surface area contributed by atoms with Crippen LogP contribution in [-0.2, 0) is 6.42 Å². The molecule has 2 fully saturated rings. The Bertz CT molecular complexity index is 402. The number of aromatic nitrogens is 2. The molecule has 2 unspecified atom stereocenters. The zero-order chi connectivity index (χ0) is 13.2. The van der Waals surface area contributed by atoms with Gasteiger partial charge in [0.25, 0.3) is 0 Å². The molecule has 0 amide bonds. The Balaban J connectivity index is 1.57. The third-order valence-electron chi connectivity index (χ3n) is 5.10. The summed E-state index contributed by atoms with van der Waals surface area (Å²) in [7, 11) is 0. The van der Waals surface area contributed by atoms with E-state index < -0.39 is 0 Å². The summed E-state index contributed by atoms with van der Waals surface area (Å²) in [6.45, 7) is 2.31. The van der Waals surface area contributed by atoms with Crippen molar-refractivity contribution in [2.45, 2.75) is 70.4 Å². The predicted octanol–water partition coefficient (Wildman–Crippen LogP) is 3.30. The Hall–Kier alpha value is -0.830. The zero-order valence-electron chi connectivity index (χ0n) is 12.1. The van der Waals surface area contributed by atoms with Crippen LogP contribution in [0, 0.1) is 11.8 Å². The summed E-state index contributed by atoms with van der Waals surface area (Å²) in [5.74, 6) is 1.54. The van der Waals surface area contributed by atoms with Crippen LogP contribution in [-0.4, -0.2) is 15.8 Å². The highest BCUT2D eigenvalue weighted by atomic mass is 15.3. The van der Waals surface area contributed by atoms with Crippen molar-refractivity contribution in [1.29, 1.82) is 0 Å². The molecule has 0 saturated heterocycles. The van der Waals surface area contributed by atoms with Crippen molar-refractivity contribution in [3.8, 4) is 0 Å². The van der Waals surface area contributed by atoms with Gasteiger partial charge in [-0.3, -0.25) is 4.68 Å². The third-order valence-corrected chi connectivity index (χ3v) is 5.10. The molecule has 2 atom stereocenters. The van der Waals surface area contributed by atoms with Crippen LogP contribution in [0.2, 0.25) is 0 Å². The van der Waals surface area contributed by atoms with E-state index >= 15 is 0 Å². The van der Waals surface area contributed by atoms with E-state index in [4.69, 9.17) is 10.8 Å². The van der Waals surface area contributed by atoms with E-state index in [1.807, 2.05) is 0 Å². The minimum Gasteiger partial charge on any atom is -0.327 e. The summed E-state index contributed by atoms with van der Waals surface area (Å²) >= 11 is 0. The van der Waals surface area contributed by atoms with Gasteiger partial charge < -0.3 is 5.73 Å². The Morgan fingerprint density at radius 3 is 2.68 bits per heavy atom. The van der Waals surface area contributed by atoms with Crippen LogP contribution < -0.4 is 5.73 Å². The maximum Gasteiger partial charge on any atom is 0.0640 e. The number of hydrogen-bond acceptors (Lipinski definition) is 2. The Morgan fingerprint density at radius 2 is 2.00 bits per heavy atom. The second kappa shape index (κ2) is 5.66. The second-order valence-corrected chi connectivity index (χ2v) is 6.64. The number of hydrogen-bond donors (Lipinski definition) is 1. The van der Waals surface area contributed by atoms with Crippen LogP contribution in [0.5, 0.6) is 0 Å². The SMILES string of the molecule is CC(C(N)Cc1ccn(C2CCCCC2)n1)C1CC1. The fourth-order valence-electron chi connectivity index (χ4n) is 3.43. The Labute approximate surface area is 116 Å². The van der Waals surface area contributed by atoms with Crippen LogP contribution in [0.4, 0.5) is 0 Å². The summed E-state index contributed by atoms with van der Waals surface area (Å²) in [5, 5.41) is 4.77. The lowest BCUT2D eigenvalue weighted by molar-refractivity contribution is 0.326. The number of nitrogens with zero attached hydrogens (tertiary/aromatic N) is 2. The van der Waals surface area contributed by atoms with E-state index in [2.05, 4.69) is 23.9 Å². The van der Waals surface area contributed by atoms with Crippen LogP contribution >= 0.6 is 0 Å². The summed E-state index contributed by atoms with van der Waals surface area (Å²) in [5.41, 5.74) is 7.51. The van der Waals surface area contributed by atoms with E-state index in [-0.39, 0.29) is 6.04 Å². The lowest BCUT2D eigenvalue weighted by Gasteiger charge is -2.22. The van der Waals surface area contributed by atoms with Crippen LogP contribution in [0.3, 0.4) is 0 Å². The van der Waals surface area contributed by atoms with Gasteiger partial charge in [-0.05, 0) is 43.6 Å². The monoisotopic (exact) mass is 261 g/mol. The highest BCUT2D eigenvalue weighted by Gasteiger charge is 2.31. The van der Waals surface area contributed by atoms with Gasteiger partial charge in [0, 0.05) is 18.7 Å². The average Bonchev–Trinajstić information content (AvgIpc) is 3.19. The van der Waals surface area contributed by atoms with Crippen molar-refractivity contribution >= 4 is 0 Å². The normalized spacial score (nSPS) is 24.3. The molecule has 2 N–H and O–H groups in total. The van der Waals surface area contributed by atoms with Crippen LogP contribution in [0.25, 0.3) is 0 Å². The molecule has 106 valence electrons. The van der Waals surface area contributed by atoms with Gasteiger partial charge >= 0.3 is 0 Å². The highest BCUT2D eigenvalue weighted by Crippen LogP contribution is 2.38. The van der Waals surface area contributed by atoms with Crippen molar-refractivity contribution in [1.82, 2.24) is 9.78 Å². The summed E-state index contributed by atoms with van der Waals surface area (Å²) < 4.78 is 2.20. The Morgan fingerprint density at radius 1 is 1.26 bits per heavy atom. The largest absolute Gasteiger partial charge is 0.327 e. The van der Waals surface area contributed by atoms with E-state index in [1.54, 1.807) is 0 Å². The summed E-state index contributed by atoms with van der Waals surface area (Å²) in [4.78, 5) is 0. The maximum absolute atomic E-state index is 6.33. The molecule has 2 saturated carbocycles. The first-order valence-electron chi connectivity index (χ1n) is 8.03. The molecule has 0 bridgehead atoms. The van der Waals surface area contributed by atoms with Crippen molar-refractivity contribution in [3.63, 3.8) is 0 Å². The number of nitrogens with two attached hydrogens (primary N) is 1. The molecule has 19 heavy (non-hydrogen) atoms. The van der Waals surface area contributed by atoms with E-state index in [9.17, 15) is 0 Å². The molecule has 0 aromatic carbocycles. The van der Waals surface area contributed by atoms with Gasteiger partial charge in [-0.15, -0.1) is 0 Å². The van der Waals surface area contributed by atoms with E-state index in [0.29, 0.717) is 12.0 Å². The van der Waals surface area contributed by atoms with Gasteiger partial charge in [0.05, 0.1) is 11.7 Å². The summed E-state index contributed by atoms with van der Waals surface area (Å²) in [6.07, 6.45) is 12.6. The quantitative estimate of drug-likeness (QED) is 0.883. The smallest absolute Gasteiger partial charge is 0.0640 e. The van der Waals surface area contributed by atoms with Crippen molar-refractivity contribution in [2.75, 3.05) is 0 Å². The average molecular weight is 261 g/mol. The lowest BCUT2D eigenvalue weighted by atomic mass is 9.94. The molecule has 1 aromatic rings. The zero-order valence-corrected chi connectivity index (χ0v) is 12.1. The van der Waals surface area contributed by atoms with Crippen molar-refractivity contribution in [3.05, 3.63) is 18.0 Å². The fraction of sp³-hybridized carbons (Fsp3) is 0.812. The highest BCUT2D eigenvalue weighted by molar-refractivity contribution is 5.03. The molecule has 0 radical (unpaired) electrons. The van der Waals surface area contributed by atoms with Crippen molar-refractivity contribution in [2.24, 2.45) is 17.6 Å². The molecule has 3 heteroatoms. The standard InChI is InChI=1S/C16H27N3/c1-12(13-7-8-13)16(17)11-14-9-10-19(18-14)15-5-3-2-4-6-15/h9-10,12-13,15-16H,2-8,11,17H2,1H3. The minimum absolute atomic E-state index is 0.280. The summed E-state index contributed by atoms with van der Waals surface area (Å²) in [6, 6.07) is 3.09. The van der Waals surface area contributed by atoms with Gasteiger partial charge in [-0.1, -0.05) is 26.2 Å². The molecule has 2 aliphatic rings. The predicted molar refractivity (Wildman–Crippen MR) is 77.9 cm³/mol. The van der Waals surface area contributed by atoms with Gasteiger partial charge in [0.15, 0.2) is 0 Å². The van der Waals surface area contributed by atoms with Gasteiger partial charge in [-0.25, -0.2) is 0 Å². The number of rotatable bonds is 5. The molecule has 3 nitrogen and oxygen atoms in total. The molecule has 0 aliphatic heterocycles. The molecule has 0 spiro atoms. The third kappa shape index (κ3) is 3.19. The first-order chi connectivity index (χ1) is 9.24. The topological polar surface area (TPSA) is 43.8 Å². The molecule has 2 aliphatic carbocycles. The van der Waals surface area contributed by atoms with Gasteiger partial charge in [-0.2, -0.15) is 5.10 Å². The van der Waals surface area contributed by atoms with E-state index in [0.717, 1.165) is 12.3 Å². The maximum atomic E-state index is 6.33. The molecule has 3 rings (SSSR count). The molecular weight excluding hydrogens is 234 g/mol. The van der Waals surface area contributed by atoms with Gasteiger partial charge in [0.1, 0.15) is 0 Å². The molecular formula is C16H27N3. The van der Waals surface area contributed by atoms with Crippen LogP contribution in [0.1, 0.15) is 63.6 Å². The van der Waals surface area contributed by atoms with Gasteiger partial charge in [0.2, 0.25) is 0 Å². The minimum atomic E-state index is 0.280. The fourth-order valence-corrected chi connectivity index (χ4v) is 3.43. The molecule has 1 aromatic heterocycles. The van der Waals surface area contributed by atoms with E-state index in [1.165, 1.54) is 50.6 Å². The lowest BCUT2D eigenvalue weighted by Crippen LogP contribution is -2.32. The molecule has 1 heterocycles. The first kappa shape index (κ1) is 13.2.